The molecular weight excluding hydrogens is 468 g/mol. The summed E-state index contributed by atoms with van der Waals surface area (Å²) in [5, 5.41) is 2.93. The third kappa shape index (κ3) is 4.41. The lowest BCUT2D eigenvalue weighted by Crippen LogP contribution is -2.13. The Bertz CT molecular complexity index is 1280. The minimum atomic E-state index is -0.238. The second-order valence-electron chi connectivity index (χ2n) is 7.89. The predicted octanol–water partition coefficient (Wildman–Crippen LogP) is 7.34. The minimum Gasteiger partial charge on any atom is -0.496 e. The van der Waals surface area contributed by atoms with Crippen molar-refractivity contribution in [1.82, 2.24) is 4.98 Å². The molecule has 6 heteroatoms. The first-order chi connectivity index (χ1) is 15.4. The number of nitrogens with one attached hydrogen (secondary N) is 1. The summed E-state index contributed by atoms with van der Waals surface area (Å²) in [6, 6.07) is 17.3. The molecular formula is C26H25BrN2O3. The summed E-state index contributed by atoms with van der Waals surface area (Å²) in [7, 11) is 1.56. The van der Waals surface area contributed by atoms with Crippen LogP contribution in [0.3, 0.4) is 0 Å². The van der Waals surface area contributed by atoms with Gasteiger partial charge in [-0.05, 0) is 78.9 Å². The van der Waals surface area contributed by atoms with Gasteiger partial charge in [0.25, 0.3) is 5.91 Å². The Kier molecular flexibility index (Phi) is 6.33. The maximum Gasteiger partial charge on any atom is 0.259 e. The van der Waals surface area contributed by atoms with Crippen molar-refractivity contribution in [3.8, 4) is 17.2 Å². The quantitative estimate of drug-likeness (QED) is 0.305. The van der Waals surface area contributed by atoms with Crippen molar-refractivity contribution < 1.29 is 13.9 Å². The third-order valence-electron chi connectivity index (χ3n) is 5.67. The highest BCUT2D eigenvalue weighted by molar-refractivity contribution is 9.10. The Morgan fingerprint density at radius 3 is 2.59 bits per heavy atom. The Morgan fingerprint density at radius 1 is 1.16 bits per heavy atom. The van der Waals surface area contributed by atoms with Crippen LogP contribution < -0.4 is 10.1 Å². The number of amides is 1. The van der Waals surface area contributed by atoms with E-state index in [1.54, 1.807) is 13.2 Å². The summed E-state index contributed by atoms with van der Waals surface area (Å²) in [4.78, 5) is 17.5. The normalized spacial score (nSPS) is 12.0. The van der Waals surface area contributed by atoms with Crippen LogP contribution in [0.4, 0.5) is 5.69 Å². The first-order valence-electron chi connectivity index (χ1n) is 10.6. The number of carbonyl (C=O) groups is 1. The fourth-order valence-corrected chi connectivity index (χ4v) is 4.25. The summed E-state index contributed by atoms with van der Waals surface area (Å²) in [6.45, 7) is 6.29. The molecule has 0 fully saturated rings. The molecule has 0 aliphatic carbocycles. The smallest absolute Gasteiger partial charge is 0.259 e. The average molecular weight is 493 g/mol. The summed E-state index contributed by atoms with van der Waals surface area (Å²) in [6.07, 6.45) is 1.08. The Balaban J connectivity index is 1.55. The first kappa shape index (κ1) is 22.1. The number of benzene rings is 3. The van der Waals surface area contributed by atoms with Crippen LogP contribution >= 0.6 is 15.9 Å². The number of oxazole rings is 1. The van der Waals surface area contributed by atoms with E-state index in [-0.39, 0.29) is 5.91 Å². The molecule has 1 N–H and O–H groups in total. The molecule has 1 heterocycles. The first-order valence-corrected chi connectivity index (χ1v) is 11.3. The molecule has 1 aromatic heterocycles. The lowest BCUT2D eigenvalue weighted by Gasteiger charge is -2.12. The fourth-order valence-electron chi connectivity index (χ4n) is 3.67. The van der Waals surface area contributed by atoms with Crippen LogP contribution in [0.25, 0.3) is 22.6 Å². The molecule has 164 valence electrons. The summed E-state index contributed by atoms with van der Waals surface area (Å²) >= 11 is 3.44. The zero-order valence-corrected chi connectivity index (χ0v) is 20.1. The Labute approximate surface area is 195 Å². The van der Waals surface area contributed by atoms with Gasteiger partial charge in [-0.3, -0.25) is 4.79 Å². The van der Waals surface area contributed by atoms with Gasteiger partial charge in [0.2, 0.25) is 5.89 Å². The molecule has 0 saturated heterocycles. The molecule has 0 radical (unpaired) electrons. The predicted molar refractivity (Wildman–Crippen MR) is 132 cm³/mol. The maximum absolute atomic E-state index is 12.8. The fraction of sp³-hybridized carbons (Fsp3) is 0.231. The molecule has 0 saturated carbocycles. The van der Waals surface area contributed by atoms with Crippen LogP contribution in [0.2, 0.25) is 0 Å². The van der Waals surface area contributed by atoms with Gasteiger partial charge in [0.1, 0.15) is 11.3 Å². The lowest BCUT2D eigenvalue weighted by molar-refractivity contribution is 0.102. The molecule has 1 unspecified atom stereocenters. The largest absolute Gasteiger partial charge is 0.496 e. The molecule has 0 bridgehead atoms. The zero-order valence-electron chi connectivity index (χ0n) is 18.5. The number of anilines is 1. The van der Waals surface area contributed by atoms with Gasteiger partial charge in [-0.15, -0.1) is 0 Å². The summed E-state index contributed by atoms with van der Waals surface area (Å²) in [5.74, 6) is 1.36. The van der Waals surface area contributed by atoms with E-state index in [4.69, 9.17) is 9.15 Å². The van der Waals surface area contributed by atoms with Gasteiger partial charge in [0.05, 0.1) is 12.7 Å². The third-order valence-corrected chi connectivity index (χ3v) is 6.13. The Morgan fingerprint density at radius 2 is 1.91 bits per heavy atom. The van der Waals surface area contributed by atoms with Gasteiger partial charge < -0.3 is 14.5 Å². The van der Waals surface area contributed by atoms with E-state index in [2.05, 4.69) is 52.2 Å². The number of hydrogen-bond acceptors (Lipinski definition) is 4. The van der Waals surface area contributed by atoms with E-state index < -0.39 is 0 Å². The van der Waals surface area contributed by atoms with E-state index in [9.17, 15) is 4.79 Å². The van der Waals surface area contributed by atoms with Crippen LogP contribution in [0, 0.1) is 6.92 Å². The van der Waals surface area contributed by atoms with Crippen molar-refractivity contribution in [1.29, 1.82) is 0 Å². The van der Waals surface area contributed by atoms with Crippen molar-refractivity contribution in [2.45, 2.75) is 33.1 Å². The number of halogens is 1. The van der Waals surface area contributed by atoms with Gasteiger partial charge in [-0.2, -0.15) is 0 Å². The minimum absolute atomic E-state index is 0.238. The molecule has 4 rings (SSSR count). The number of nitrogens with zero attached hydrogens (tertiary/aromatic N) is 1. The van der Waals surface area contributed by atoms with E-state index in [0.29, 0.717) is 28.8 Å². The van der Waals surface area contributed by atoms with Crippen LogP contribution in [-0.2, 0) is 0 Å². The average Bonchev–Trinajstić information content (AvgIpc) is 3.22. The van der Waals surface area contributed by atoms with Crippen molar-refractivity contribution in [2.75, 3.05) is 12.4 Å². The van der Waals surface area contributed by atoms with E-state index in [1.165, 1.54) is 5.56 Å². The SMILES string of the molecule is CCC(C)c1ccc2oc(-c3ccc(NC(=O)c4cc(Br)cc(C)c4OC)cc3)nc2c1. The van der Waals surface area contributed by atoms with E-state index in [0.717, 1.165) is 33.1 Å². The van der Waals surface area contributed by atoms with Gasteiger partial charge in [0.15, 0.2) is 5.58 Å². The van der Waals surface area contributed by atoms with Crippen molar-refractivity contribution in [2.24, 2.45) is 0 Å². The van der Waals surface area contributed by atoms with Crippen molar-refractivity contribution in [3.05, 3.63) is 75.8 Å². The molecule has 0 aliphatic heterocycles. The number of aromatic nitrogens is 1. The number of carbonyl (C=O) groups excluding carboxylic acids is 1. The van der Waals surface area contributed by atoms with Crippen LogP contribution in [0.5, 0.6) is 5.75 Å². The number of aryl methyl sites for hydroxylation is 1. The van der Waals surface area contributed by atoms with Crippen molar-refractivity contribution >= 4 is 38.6 Å². The maximum atomic E-state index is 12.8. The highest BCUT2D eigenvalue weighted by atomic mass is 79.9. The molecule has 1 amide bonds. The second kappa shape index (κ2) is 9.17. The standard InChI is InChI=1S/C26H25BrN2O3/c1-5-15(2)18-8-11-23-22(13-18)29-26(32-23)17-6-9-20(10-7-17)28-25(30)21-14-19(27)12-16(3)24(21)31-4/h6-15H,5H2,1-4H3,(H,28,30). The molecule has 3 aromatic carbocycles. The molecule has 4 aromatic rings. The van der Waals surface area contributed by atoms with Gasteiger partial charge >= 0.3 is 0 Å². The molecule has 0 spiro atoms. The topological polar surface area (TPSA) is 64.4 Å². The number of rotatable bonds is 6. The summed E-state index contributed by atoms with van der Waals surface area (Å²) in [5.41, 5.74) is 5.76. The lowest BCUT2D eigenvalue weighted by atomic mass is 9.98. The number of fused-ring (bicyclic) bond motifs is 1. The highest BCUT2D eigenvalue weighted by Gasteiger charge is 2.16. The zero-order chi connectivity index (χ0) is 22.8. The molecule has 32 heavy (non-hydrogen) atoms. The number of methoxy groups -OCH3 is 1. The Hall–Kier alpha value is -3.12. The molecule has 1 atom stereocenters. The van der Waals surface area contributed by atoms with Crippen LogP contribution in [-0.4, -0.2) is 18.0 Å². The number of hydrogen-bond donors (Lipinski definition) is 1. The monoisotopic (exact) mass is 492 g/mol. The second-order valence-corrected chi connectivity index (χ2v) is 8.81. The van der Waals surface area contributed by atoms with Crippen LogP contribution in [0.1, 0.15) is 47.7 Å². The van der Waals surface area contributed by atoms with Crippen LogP contribution in [0.15, 0.2) is 63.5 Å². The summed E-state index contributed by atoms with van der Waals surface area (Å²) < 4.78 is 12.2. The number of ether oxygens (including phenoxy) is 1. The van der Waals surface area contributed by atoms with E-state index >= 15 is 0 Å². The van der Waals surface area contributed by atoms with Gasteiger partial charge in [0, 0.05) is 15.7 Å². The molecule has 0 aliphatic rings. The van der Waals surface area contributed by atoms with Gasteiger partial charge in [-0.25, -0.2) is 4.98 Å². The van der Waals surface area contributed by atoms with Gasteiger partial charge in [-0.1, -0.05) is 35.8 Å². The van der Waals surface area contributed by atoms with Crippen molar-refractivity contribution in [3.63, 3.8) is 0 Å². The van der Waals surface area contributed by atoms with E-state index in [1.807, 2.05) is 43.3 Å². The molecule has 5 nitrogen and oxygen atoms in total. The highest BCUT2D eigenvalue weighted by Crippen LogP contribution is 2.30.